The lowest BCUT2D eigenvalue weighted by Crippen LogP contribution is -2.54. The van der Waals surface area contributed by atoms with Crippen LogP contribution in [0.25, 0.3) is 0 Å². The monoisotopic (exact) mass is 585 g/mol. The molecule has 8 nitrogen and oxygen atoms in total. The third-order valence-electron chi connectivity index (χ3n) is 6.12. The molecule has 0 aliphatic rings. The van der Waals surface area contributed by atoms with Gasteiger partial charge in [0.1, 0.15) is 18.3 Å². The molecule has 2 amide bonds. The maximum absolute atomic E-state index is 14.1. The Morgan fingerprint density at radius 2 is 1.68 bits per heavy atom. The second kappa shape index (κ2) is 12.7. The molecule has 10 heteroatoms. The van der Waals surface area contributed by atoms with Crippen molar-refractivity contribution in [2.45, 2.75) is 57.6 Å². The Hall–Kier alpha value is -3.56. The van der Waals surface area contributed by atoms with Gasteiger partial charge >= 0.3 is 0 Å². The fourth-order valence-corrected chi connectivity index (χ4v) is 5.76. The molecule has 40 heavy (non-hydrogen) atoms. The number of methoxy groups -OCH3 is 1. The van der Waals surface area contributed by atoms with E-state index in [-0.39, 0.29) is 33.8 Å². The second-order valence-corrected chi connectivity index (χ2v) is 12.9. The molecule has 0 aliphatic carbocycles. The number of carbonyl (C=O) groups is 2. The highest BCUT2D eigenvalue weighted by Crippen LogP contribution is 2.35. The fourth-order valence-electron chi connectivity index (χ4n) is 4.15. The summed E-state index contributed by atoms with van der Waals surface area (Å²) in [6, 6.07) is 19.1. The van der Waals surface area contributed by atoms with Crippen LogP contribution in [0.2, 0.25) is 5.02 Å². The molecule has 0 fully saturated rings. The Bertz CT molecular complexity index is 1460. The van der Waals surface area contributed by atoms with Crippen LogP contribution in [0.15, 0.2) is 77.7 Å². The van der Waals surface area contributed by atoms with Crippen molar-refractivity contribution in [2.24, 2.45) is 0 Å². The van der Waals surface area contributed by atoms with Crippen LogP contribution in [0.1, 0.15) is 38.8 Å². The van der Waals surface area contributed by atoms with Crippen molar-refractivity contribution >= 4 is 39.1 Å². The van der Waals surface area contributed by atoms with Crippen molar-refractivity contribution in [3.63, 3.8) is 0 Å². The van der Waals surface area contributed by atoms with Crippen LogP contribution in [0.4, 0.5) is 5.69 Å². The van der Waals surface area contributed by atoms with E-state index in [1.165, 1.54) is 30.2 Å². The molecule has 0 aromatic heterocycles. The predicted octanol–water partition coefficient (Wildman–Crippen LogP) is 5.18. The standard InChI is InChI=1S/C30H36ClN3O5S/c1-21-11-10-12-23(17-21)19-33(22(2)29(36)32-30(3,4)5)28(35)20-34(26-18-24(31)15-16-27(26)39-6)40(37,38)25-13-8-7-9-14-25/h7-18,22H,19-20H2,1-6H3,(H,32,36). The number of halogens is 1. The van der Waals surface area contributed by atoms with Gasteiger partial charge in [0.05, 0.1) is 17.7 Å². The number of nitrogens with one attached hydrogen (secondary N) is 1. The maximum Gasteiger partial charge on any atom is 0.264 e. The summed E-state index contributed by atoms with van der Waals surface area (Å²) in [5.74, 6) is -0.702. The summed E-state index contributed by atoms with van der Waals surface area (Å²) in [6.45, 7) is 8.63. The molecule has 3 rings (SSSR count). The van der Waals surface area contributed by atoms with Crippen molar-refractivity contribution in [2.75, 3.05) is 18.0 Å². The Kier molecular flexibility index (Phi) is 9.87. The molecule has 3 aromatic rings. The molecular formula is C30H36ClN3O5S. The van der Waals surface area contributed by atoms with Crippen molar-refractivity contribution in [1.29, 1.82) is 0 Å². The van der Waals surface area contributed by atoms with Gasteiger partial charge < -0.3 is 15.0 Å². The van der Waals surface area contributed by atoms with Gasteiger partial charge in [-0.05, 0) is 70.5 Å². The minimum Gasteiger partial charge on any atom is -0.495 e. The zero-order chi connectivity index (χ0) is 29.7. The molecule has 0 saturated carbocycles. The largest absolute Gasteiger partial charge is 0.495 e. The van der Waals surface area contributed by atoms with Crippen LogP contribution in [-0.4, -0.2) is 50.4 Å². The van der Waals surface area contributed by atoms with E-state index in [1.807, 2.05) is 52.0 Å². The van der Waals surface area contributed by atoms with E-state index in [2.05, 4.69) is 5.32 Å². The summed E-state index contributed by atoms with van der Waals surface area (Å²) in [6.07, 6.45) is 0. The summed E-state index contributed by atoms with van der Waals surface area (Å²) >= 11 is 6.26. The molecule has 0 saturated heterocycles. The first-order chi connectivity index (χ1) is 18.7. The van der Waals surface area contributed by atoms with Crippen molar-refractivity contribution < 1.29 is 22.7 Å². The molecule has 0 radical (unpaired) electrons. The van der Waals surface area contributed by atoms with Gasteiger partial charge in [-0.15, -0.1) is 0 Å². The third kappa shape index (κ3) is 7.76. The van der Waals surface area contributed by atoms with E-state index in [4.69, 9.17) is 16.3 Å². The van der Waals surface area contributed by atoms with Gasteiger partial charge in [-0.2, -0.15) is 0 Å². The van der Waals surface area contributed by atoms with Gasteiger partial charge in [0.15, 0.2) is 0 Å². The number of hydrogen-bond acceptors (Lipinski definition) is 5. The number of hydrogen-bond donors (Lipinski definition) is 1. The van der Waals surface area contributed by atoms with E-state index in [1.54, 1.807) is 37.3 Å². The Morgan fingerprint density at radius 1 is 1.00 bits per heavy atom. The molecule has 1 unspecified atom stereocenters. The molecular weight excluding hydrogens is 550 g/mol. The summed E-state index contributed by atoms with van der Waals surface area (Å²) < 4.78 is 34.3. The molecule has 0 heterocycles. The van der Waals surface area contributed by atoms with Crippen LogP contribution in [0, 0.1) is 6.92 Å². The van der Waals surface area contributed by atoms with E-state index < -0.39 is 34.1 Å². The average Bonchev–Trinajstić information content (AvgIpc) is 2.89. The lowest BCUT2D eigenvalue weighted by Gasteiger charge is -2.33. The van der Waals surface area contributed by atoms with Crippen molar-refractivity contribution in [3.8, 4) is 5.75 Å². The zero-order valence-corrected chi connectivity index (χ0v) is 25.2. The first-order valence-electron chi connectivity index (χ1n) is 12.8. The number of ether oxygens (including phenoxy) is 1. The van der Waals surface area contributed by atoms with Gasteiger partial charge in [0.25, 0.3) is 10.0 Å². The average molecular weight is 586 g/mol. The number of benzene rings is 3. The summed E-state index contributed by atoms with van der Waals surface area (Å²) in [4.78, 5) is 28.6. The van der Waals surface area contributed by atoms with Crippen LogP contribution in [0.5, 0.6) is 5.75 Å². The Labute approximate surface area is 241 Å². The van der Waals surface area contributed by atoms with E-state index >= 15 is 0 Å². The highest BCUT2D eigenvalue weighted by atomic mass is 35.5. The van der Waals surface area contributed by atoms with Gasteiger partial charge in [0.2, 0.25) is 11.8 Å². The lowest BCUT2D eigenvalue weighted by molar-refractivity contribution is -0.140. The zero-order valence-electron chi connectivity index (χ0n) is 23.6. The van der Waals surface area contributed by atoms with Gasteiger partial charge in [-0.1, -0.05) is 59.6 Å². The number of amides is 2. The minimum absolute atomic E-state index is 0.00594. The Morgan fingerprint density at radius 3 is 2.27 bits per heavy atom. The van der Waals surface area contributed by atoms with Crippen LogP contribution in [-0.2, 0) is 26.2 Å². The quantitative estimate of drug-likeness (QED) is 0.353. The minimum atomic E-state index is -4.24. The second-order valence-electron chi connectivity index (χ2n) is 10.6. The molecule has 3 aromatic carbocycles. The van der Waals surface area contributed by atoms with Crippen LogP contribution >= 0.6 is 11.6 Å². The topological polar surface area (TPSA) is 96.0 Å². The smallest absolute Gasteiger partial charge is 0.264 e. The number of carbonyl (C=O) groups excluding carboxylic acids is 2. The molecule has 1 atom stereocenters. The van der Waals surface area contributed by atoms with Crippen molar-refractivity contribution in [3.05, 3.63) is 88.9 Å². The summed E-state index contributed by atoms with van der Waals surface area (Å²) in [5.41, 5.74) is 1.38. The molecule has 0 bridgehead atoms. The molecule has 0 aliphatic heterocycles. The van der Waals surface area contributed by atoms with Gasteiger partial charge in [-0.25, -0.2) is 8.42 Å². The maximum atomic E-state index is 14.1. The first kappa shape index (κ1) is 31.0. The fraction of sp³-hybridized carbons (Fsp3) is 0.333. The van der Waals surface area contributed by atoms with E-state index in [9.17, 15) is 18.0 Å². The third-order valence-corrected chi connectivity index (χ3v) is 8.13. The Balaban J connectivity index is 2.10. The lowest BCUT2D eigenvalue weighted by atomic mass is 10.1. The molecule has 0 spiro atoms. The first-order valence-corrected chi connectivity index (χ1v) is 14.6. The number of sulfonamides is 1. The number of aryl methyl sites for hydroxylation is 1. The van der Waals surface area contributed by atoms with E-state index in [0.29, 0.717) is 0 Å². The molecule has 214 valence electrons. The van der Waals surface area contributed by atoms with Crippen LogP contribution in [0.3, 0.4) is 0 Å². The predicted molar refractivity (Wildman–Crippen MR) is 158 cm³/mol. The van der Waals surface area contributed by atoms with Crippen molar-refractivity contribution in [1.82, 2.24) is 10.2 Å². The number of rotatable bonds is 10. The van der Waals surface area contributed by atoms with Gasteiger partial charge in [0, 0.05) is 17.1 Å². The number of anilines is 1. The normalized spacial score (nSPS) is 12.4. The summed E-state index contributed by atoms with van der Waals surface area (Å²) in [7, 11) is -2.83. The summed E-state index contributed by atoms with van der Waals surface area (Å²) in [5, 5.41) is 3.19. The van der Waals surface area contributed by atoms with E-state index in [0.717, 1.165) is 15.4 Å². The SMILES string of the molecule is COc1ccc(Cl)cc1N(CC(=O)N(Cc1cccc(C)c1)C(C)C(=O)NC(C)(C)C)S(=O)(=O)c1ccccc1. The molecule has 1 N–H and O–H groups in total. The number of nitrogens with zero attached hydrogens (tertiary/aromatic N) is 2. The highest BCUT2D eigenvalue weighted by molar-refractivity contribution is 7.92. The van der Waals surface area contributed by atoms with Crippen LogP contribution < -0.4 is 14.4 Å². The highest BCUT2D eigenvalue weighted by Gasteiger charge is 2.34. The van der Waals surface area contributed by atoms with Gasteiger partial charge in [-0.3, -0.25) is 13.9 Å².